The summed E-state index contributed by atoms with van der Waals surface area (Å²) < 4.78 is 3.77. The summed E-state index contributed by atoms with van der Waals surface area (Å²) in [5, 5.41) is 17.6. The summed E-state index contributed by atoms with van der Waals surface area (Å²) in [4.78, 5) is 20.5. The zero-order valence-electron chi connectivity index (χ0n) is 6.18. The summed E-state index contributed by atoms with van der Waals surface area (Å²) in [5.41, 5.74) is -0.245. The first-order chi connectivity index (χ1) is 6.16. The monoisotopic (exact) mass is 218 g/mol. The van der Waals surface area contributed by atoms with Crippen molar-refractivity contribution in [2.45, 2.75) is 4.21 Å². The number of thioether (sulfide) groups is 1. The predicted octanol–water partition coefficient (Wildman–Crippen LogP) is 0.749. The van der Waals surface area contributed by atoms with Gasteiger partial charge in [0.15, 0.2) is 0 Å². The zero-order valence-corrected chi connectivity index (χ0v) is 7.81. The number of carboxylic acids is 1. The van der Waals surface area contributed by atoms with E-state index in [1.807, 2.05) is 0 Å². The summed E-state index contributed by atoms with van der Waals surface area (Å²) in [5.74, 6) is -1.73. The summed E-state index contributed by atoms with van der Waals surface area (Å²) in [6, 6.07) is 0. The molecular formula is C6H4NO4S2. The normalized spacial score (nSPS) is 9.85. The third-order valence-corrected chi connectivity index (χ3v) is 3.06. The Labute approximate surface area is 81.6 Å². The highest BCUT2D eigenvalue weighted by atomic mass is 32.2. The Morgan fingerprint density at radius 2 is 2.38 bits per heavy atom. The highest BCUT2D eigenvalue weighted by Crippen LogP contribution is 2.32. The Bertz CT molecular complexity index is 335. The molecule has 0 fully saturated rings. The fraction of sp³-hybridized carbons (Fsp3) is 0.167. The smallest absolute Gasteiger partial charge is 0.343 e. The number of aromatic hydroxyl groups is 1. The first-order valence-electron chi connectivity index (χ1n) is 3.06. The molecular weight excluding hydrogens is 214 g/mol. The third kappa shape index (κ3) is 2.19. The minimum Gasteiger partial charge on any atom is -0.492 e. The zero-order chi connectivity index (χ0) is 9.84. The van der Waals surface area contributed by atoms with Gasteiger partial charge in [0.25, 0.3) is 0 Å². The molecule has 7 heteroatoms. The molecule has 0 aliphatic carbocycles. The van der Waals surface area contributed by atoms with Crippen molar-refractivity contribution in [3.05, 3.63) is 5.56 Å². The first-order valence-corrected chi connectivity index (χ1v) is 4.82. The van der Waals surface area contributed by atoms with E-state index in [1.165, 1.54) is 0 Å². The van der Waals surface area contributed by atoms with E-state index in [4.69, 9.17) is 10.2 Å². The van der Waals surface area contributed by atoms with Crippen LogP contribution in [0.5, 0.6) is 5.88 Å². The van der Waals surface area contributed by atoms with Gasteiger partial charge in [-0.15, -0.1) is 11.8 Å². The number of rotatable bonds is 4. The van der Waals surface area contributed by atoms with Crippen molar-refractivity contribution >= 4 is 35.5 Å². The summed E-state index contributed by atoms with van der Waals surface area (Å²) in [6.07, 6.45) is 1.61. The standard InChI is InChI=1S/C6H4NO4S2/c8-1-2-12-6-3(5(10)11)4(9)7-13-6/h2H2,(H,7,9)(H,10,11). The topological polar surface area (TPSA) is 87.5 Å². The van der Waals surface area contributed by atoms with Gasteiger partial charge in [-0.1, -0.05) is 0 Å². The van der Waals surface area contributed by atoms with Gasteiger partial charge in [-0.2, -0.15) is 4.37 Å². The number of carbonyl (C=O) groups excluding carboxylic acids is 1. The molecule has 0 spiro atoms. The molecule has 1 aromatic rings. The van der Waals surface area contributed by atoms with Gasteiger partial charge in [0.2, 0.25) is 12.2 Å². The fourth-order valence-corrected chi connectivity index (χ4v) is 2.19. The predicted molar refractivity (Wildman–Crippen MR) is 47.2 cm³/mol. The molecule has 0 aliphatic rings. The maximum absolute atomic E-state index is 10.6. The lowest BCUT2D eigenvalue weighted by molar-refractivity contribution is 0.0690. The summed E-state index contributed by atoms with van der Waals surface area (Å²) >= 11 is 1.84. The second-order valence-corrected chi connectivity index (χ2v) is 3.92. The Morgan fingerprint density at radius 1 is 1.69 bits per heavy atom. The van der Waals surface area contributed by atoms with Crippen LogP contribution in [0.2, 0.25) is 0 Å². The minimum absolute atomic E-state index is 0.0297. The molecule has 0 unspecified atom stereocenters. The Balaban J connectivity index is 2.93. The molecule has 0 saturated heterocycles. The maximum atomic E-state index is 10.6. The van der Waals surface area contributed by atoms with Crippen LogP contribution in [0.4, 0.5) is 0 Å². The molecule has 0 atom stereocenters. The van der Waals surface area contributed by atoms with Crippen molar-refractivity contribution in [2.75, 3.05) is 5.75 Å². The molecule has 1 heterocycles. The van der Waals surface area contributed by atoms with Crippen molar-refractivity contribution in [1.29, 1.82) is 0 Å². The maximum Gasteiger partial charge on any atom is 0.343 e. The van der Waals surface area contributed by atoms with E-state index in [0.29, 0.717) is 4.21 Å². The van der Waals surface area contributed by atoms with Crippen LogP contribution in [0.15, 0.2) is 4.21 Å². The van der Waals surface area contributed by atoms with Gasteiger partial charge in [0, 0.05) is 0 Å². The van der Waals surface area contributed by atoms with Crippen LogP contribution >= 0.6 is 23.3 Å². The van der Waals surface area contributed by atoms with Crippen molar-refractivity contribution in [3.8, 4) is 5.88 Å². The van der Waals surface area contributed by atoms with Gasteiger partial charge in [0.1, 0.15) is 5.56 Å². The molecule has 0 aromatic carbocycles. The van der Waals surface area contributed by atoms with E-state index in [-0.39, 0.29) is 11.3 Å². The Kier molecular flexibility index (Phi) is 3.26. The van der Waals surface area contributed by atoms with Gasteiger partial charge < -0.3 is 10.2 Å². The van der Waals surface area contributed by atoms with E-state index in [1.54, 1.807) is 6.29 Å². The lowest BCUT2D eigenvalue weighted by atomic mass is 10.4. The number of carbonyl (C=O) groups is 1. The largest absolute Gasteiger partial charge is 0.492 e. The van der Waals surface area contributed by atoms with Gasteiger partial charge >= 0.3 is 5.97 Å². The number of aromatic nitrogens is 1. The van der Waals surface area contributed by atoms with Crippen LogP contribution in [0.1, 0.15) is 10.4 Å². The molecule has 0 aliphatic heterocycles. The molecule has 0 bridgehead atoms. The lowest BCUT2D eigenvalue weighted by Gasteiger charge is -1.93. The van der Waals surface area contributed by atoms with Crippen LogP contribution in [0.3, 0.4) is 0 Å². The minimum atomic E-state index is -1.25. The van der Waals surface area contributed by atoms with Gasteiger partial charge in [-0.3, -0.25) is 4.79 Å². The number of hydrogen-bond donors (Lipinski definition) is 2. The Morgan fingerprint density at radius 3 is 2.92 bits per heavy atom. The number of aromatic carboxylic acids is 1. The fourth-order valence-electron chi connectivity index (χ4n) is 0.644. The summed E-state index contributed by atoms with van der Waals surface area (Å²) in [7, 11) is 0. The third-order valence-electron chi connectivity index (χ3n) is 1.12. The van der Waals surface area contributed by atoms with E-state index in [2.05, 4.69) is 4.37 Å². The molecule has 1 radical (unpaired) electrons. The van der Waals surface area contributed by atoms with Crippen molar-refractivity contribution in [3.63, 3.8) is 0 Å². The molecule has 1 rings (SSSR count). The van der Waals surface area contributed by atoms with Crippen LogP contribution < -0.4 is 0 Å². The molecule has 5 nitrogen and oxygen atoms in total. The molecule has 0 saturated carbocycles. The summed E-state index contributed by atoms with van der Waals surface area (Å²) in [6.45, 7) is 0. The lowest BCUT2D eigenvalue weighted by Crippen LogP contribution is -1.96. The molecule has 1 aromatic heterocycles. The number of hydrogen-bond acceptors (Lipinski definition) is 6. The van der Waals surface area contributed by atoms with Crippen LogP contribution in [-0.2, 0) is 4.79 Å². The molecule has 2 N–H and O–H groups in total. The van der Waals surface area contributed by atoms with Gasteiger partial charge in [0.05, 0.1) is 9.96 Å². The van der Waals surface area contributed by atoms with Crippen LogP contribution in [0, 0.1) is 0 Å². The van der Waals surface area contributed by atoms with E-state index < -0.39 is 11.8 Å². The molecule has 69 valence electrons. The van der Waals surface area contributed by atoms with E-state index >= 15 is 0 Å². The SMILES string of the molecule is O=[C]CSc1snc(O)c1C(=O)O. The van der Waals surface area contributed by atoms with Crippen molar-refractivity contribution in [2.24, 2.45) is 0 Å². The van der Waals surface area contributed by atoms with Crippen LogP contribution in [0.25, 0.3) is 0 Å². The van der Waals surface area contributed by atoms with Crippen molar-refractivity contribution < 1.29 is 19.8 Å². The van der Waals surface area contributed by atoms with E-state index in [0.717, 1.165) is 23.3 Å². The number of nitrogens with zero attached hydrogens (tertiary/aromatic N) is 1. The highest BCUT2D eigenvalue weighted by Gasteiger charge is 2.19. The van der Waals surface area contributed by atoms with Crippen molar-refractivity contribution in [1.82, 2.24) is 4.37 Å². The molecule has 0 amide bonds. The second-order valence-electron chi connectivity index (χ2n) is 1.91. The average molecular weight is 218 g/mol. The second kappa shape index (κ2) is 4.24. The Hall–Kier alpha value is -1.08. The van der Waals surface area contributed by atoms with Crippen LogP contribution in [-0.4, -0.2) is 32.6 Å². The quantitative estimate of drug-likeness (QED) is 0.725. The molecule has 13 heavy (non-hydrogen) atoms. The number of carboxylic acid groups (broad SMARTS) is 1. The van der Waals surface area contributed by atoms with E-state index in [9.17, 15) is 9.59 Å². The van der Waals surface area contributed by atoms with Gasteiger partial charge in [-0.05, 0) is 11.5 Å². The first kappa shape index (κ1) is 10.0. The highest BCUT2D eigenvalue weighted by molar-refractivity contribution is 8.01. The average Bonchev–Trinajstić information content (AvgIpc) is 2.43. The van der Waals surface area contributed by atoms with Gasteiger partial charge in [-0.25, -0.2) is 4.79 Å².